The molecule has 0 atom stereocenters. The van der Waals surface area contributed by atoms with Crippen molar-refractivity contribution in [3.05, 3.63) is 24.0 Å². The molecule has 0 bridgehead atoms. The lowest BCUT2D eigenvalue weighted by Crippen LogP contribution is -2.28. The highest BCUT2D eigenvalue weighted by atomic mass is 19.1. The largest absolute Gasteiger partial charge is 0.399 e. The summed E-state index contributed by atoms with van der Waals surface area (Å²) in [6, 6.07) is 4.17. The van der Waals surface area contributed by atoms with Gasteiger partial charge in [-0.1, -0.05) is 12.8 Å². The van der Waals surface area contributed by atoms with Crippen LogP contribution in [-0.2, 0) is 4.79 Å². The fraction of sp³-hybridized carbons (Fsp3) is 0.562. The molecular formula is C16H24FN3O. The van der Waals surface area contributed by atoms with Crippen molar-refractivity contribution >= 4 is 17.3 Å². The maximum atomic E-state index is 13.5. The first-order chi connectivity index (χ1) is 10.0. The Morgan fingerprint density at radius 1 is 1.43 bits per heavy atom. The topological polar surface area (TPSA) is 58.4 Å². The summed E-state index contributed by atoms with van der Waals surface area (Å²) < 4.78 is 13.5. The van der Waals surface area contributed by atoms with Gasteiger partial charge in [0, 0.05) is 25.2 Å². The Bertz CT molecular complexity index is 486. The predicted octanol–water partition coefficient (Wildman–Crippen LogP) is 2.86. The van der Waals surface area contributed by atoms with Crippen LogP contribution in [0, 0.1) is 11.7 Å². The number of hydrogen-bond acceptors (Lipinski definition) is 3. The Morgan fingerprint density at radius 3 is 2.86 bits per heavy atom. The summed E-state index contributed by atoms with van der Waals surface area (Å²) in [7, 11) is 2.03. The summed E-state index contributed by atoms with van der Waals surface area (Å²) in [6.07, 6.45) is 5.61. The number of nitrogen functional groups attached to an aromatic ring is 1. The number of rotatable bonds is 6. The molecule has 1 aliphatic carbocycles. The van der Waals surface area contributed by atoms with Gasteiger partial charge in [-0.05, 0) is 44.0 Å². The molecular weight excluding hydrogens is 269 g/mol. The van der Waals surface area contributed by atoms with Gasteiger partial charge in [-0.15, -0.1) is 0 Å². The van der Waals surface area contributed by atoms with E-state index >= 15 is 0 Å². The SMILES string of the molecule is CN(CCC(=O)Nc1cc(N)ccc1F)CC1CCCC1. The minimum absolute atomic E-state index is 0.151. The molecule has 0 aromatic heterocycles. The molecule has 1 fully saturated rings. The van der Waals surface area contributed by atoms with E-state index in [1.54, 1.807) is 0 Å². The smallest absolute Gasteiger partial charge is 0.225 e. The number of benzene rings is 1. The normalized spacial score (nSPS) is 15.6. The summed E-state index contributed by atoms with van der Waals surface area (Å²) in [5.41, 5.74) is 6.18. The number of nitrogens with two attached hydrogens (primary N) is 1. The Kier molecular flexibility index (Phi) is 5.56. The van der Waals surface area contributed by atoms with Crippen molar-refractivity contribution in [1.29, 1.82) is 0 Å². The van der Waals surface area contributed by atoms with Gasteiger partial charge in [-0.25, -0.2) is 4.39 Å². The molecule has 4 nitrogen and oxygen atoms in total. The molecule has 0 heterocycles. The first-order valence-corrected chi connectivity index (χ1v) is 7.58. The van der Waals surface area contributed by atoms with Crippen LogP contribution in [0.1, 0.15) is 32.1 Å². The molecule has 1 aromatic rings. The van der Waals surface area contributed by atoms with E-state index < -0.39 is 5.82 Å². The molecule has 0 saturated heterocycles. The van der Waals surface area contributed by atoms with Gasteiger partial charge in [-0.2, -0.15) is 0 Å². The molecule has 1 saturated carbocycles. The van der Waals surface area contributed by atoms with Gasteiger partial charge in [0.25, 0.3) is 0 Å². The van der Waals surface area contributed by atoms with E-state index in [0.717, 1.165) is 12.5 Å². The second kappa shape index (κ2) is 7.41. The van der Waals surface area contributed by atoms with Crippen LogP contribution in [0.25, 0.3) is 0 Å². The lowest BCUT2D eigenvalue weighted by atomic mass is 10.1. The van der Waals surface area contributed by atoms with Gasteiger partial charge in [-0.3, -0.25) is 4.79 Å². The number of nitrogens with one attached hydrogen (secondary N) is 1. The number of hydrogen-bond donors (Lipinski definition) is 2. The Hall–Kier alpha value is -1.62. The van der Waals surface area contributed by atoms with Crippen LogP contribution >= 0.6 is 0 Å². The highest BCUT2D eigenvalue weighted by Gasteiger charge is 2.17. The first kappa shape index (κ1) is 15.8. The molecule has 1 aromatic carbocycles. The number of anilines is 2. The van der Waals surface area contributed by atoms with Crippen LogP contribution in [0.3, 0.4) is 0 Å². The Labute approximate surface area is 125 Å². The quantitative estimate of drug-likeness (QED) is 0.793. The molecule has 0 spiro atoms. The van der Waals surface area contributed by atoms with Gasteiger partial charge >= 0.3 is 0 Å². The fourth-order valence-electron chi connectivity index (χ4n) is 2.87. The van der Waals surface area contributed by atoms with Gasteiger partial charge in [0.15, 0.2) is 0 Å². The Morgan fingerprint density at radius 2 is 2.14 bits per heavy atom. The average Bonchev–Trinajstić information content (AvgIpc) is 2.93. The molecule has 21 heavy (non-hydrogen) atoms. The van der Waals surface area contributed by atoms with E-state index in [-0.39, 0.29) is 11.6 Å². The molecule has 116 valence electrons. The monoisotopic (exact) mass is 293 g/mol. The average molecular weight is 293 g/mol. The van der Waals surface area contributed by atoms with E-state index in [9.17, 15) is 9.18 Å². The van der Waals surface area contributed by atoms with E-state index in [1.165, 1.54) is 43.9 Å². The second-order valence-corrected chi connectivity index (χ2v) is 5.95. The van der Waals surface area contributed by atoms with Gasteiger partial charge < -0.3 is 16.0 Å². The number of amides is 1. The van der Waals surface area contributed by atoms with E-state index in [4.69, 9.17) is 5.73 Å². The van der Waals surface area contributed by atoms with Crippen LogP contribution < -0.4 is 11.1 Å². The lowest BCUT2D eigenvalue weighted by molar-refractivity contribution is -0.116. The fourth-order valence-corrected chi connectivity index (χ4v) is 2.87. The number of nitrogens with zero attached hydrogens (tertiary/aromatic N) is 1. The van der Waals surface area contributed by atoms with Gasteiger partial charge in [0.05, 0.1) is 5.69 Å². The van der Waals surface area contributed by atoms with Crippen LogP contribution in [-0.4, -0.2) is 30.9 Å². The van der Waals surface area contributed by atoms with Crippen LogP contribution in [0.15, 0.2) is 18.2 Å². The molecule has 1 aliphatic rings. The van der Waals surface area contributed by atoms with Crippen molar-refractivity contribution in [2.45, 2.75) is 32.1 Å². The maximum Gasteiger partial charge on any atom is 0.225 e. The second-order valence-electron chi connectivity index (χ2n) is 5.95. The van der Waals surface area contributed by atoms with Crippen LogP contribution in [0.2, 0.25) is 0 Å². The van der Waals surface area contributed by atoms with E-state index in [0.29, 0.717) is 18.7 Å². The lowest BCUT2D eigenvalue weighted by Gasteiger charge is -2.20. The highest BCUT2D eigenvalue weighted by Crippen LogP contribution is 2.25. The van der Waals surface area contributed by atoms with Crippen molar-refractivity contribution in [1.82, 2.24) is 4.90 Å². The van der Waals surface area contributed by atoms with Crippen molar-refractivity contribution in [2.24, 2.45) is 5.92 Å². The minimum atomic E-state index is -0.461. The van der Waals surface area contributed by atoms with E-state index in [2.05, 4.69) is 10.2 Å². The first-order valence-electron chi connectivity index (χ1n) is 7.58. The molecule has 0 aliphatic heterocycles. The third-order valence-corrected chi connectivity index (χ3v) is 4.03. The van der Waals surface area contributed by atoms with Gasteiger partial charge in [0.1, 0.15) is 5.82 Å². The summed E-state index contributed by atoms with van der Waals surface area (Å²) >= 11 is 0. The van der Waals surface area contributed by atoms with Crippen LogP contribution in [0.4, 0.5) is 15.8 Å². The summed E-state index contributed by atoms with van der Waals surface area (Å²) in [5, 5.41) is 2.58. The van der Waals surface area contributed by atoms with Crippen molar-refractivity contribution < 1.29 is 9.18 Å². The van der Waals surface area contributed by atoms with Gasteiger partial charge in [0.2, 0.25) is 5.91 Å². The molecule has 1 amide bonds. The summed E-state index contributed by atoms with van der Waals surface area (Å²) in [6.45, 7) is 1.73. The zero-order valence-corrected chi connectivity index (χ0v) is 12.6. The maximum absolute atomic E-state index is 13.5. The van der Waals surface area contributed by atoms with Crippen molar-refractivity contribution in [3.8, 4) is 0 Å². The minimum Gasteiger partial charge on any atom is -0.399 e. The molecule has 3 N–H and O–H groups in total. The predicted molar refractivity (Wildman–Crippen MR) is 83.5 cm³/mol. The van der Waals surface area contributed by atoms with E-state index in [1.807, 2.05) is 7.05 Å². The Balaban J connectivity index is 1.75. The number of carbonyl (C=O) groups excluding carboxylic acids is 1. The summed E-state index contributed by atoms with van der Waals surface area (Å²) in [5.74, 6) is 0.124. The molecule has 0 unspecified atom stereocenters. The number of carbonyl (C=O) groups is 1. The van der Waals surface area contributed by atoms with Crippen LogP contribution in [0.5, 0.6) is 0 Å². The number of halogens is 1. The highest BCUT2D eigenvalue weighted by molar-refractivity contribution is 5.91. The summed E-state index contributed by atoms with van der Waals surface area (Å²) in [4.78, 5) is 14.1. The zero-order chi connectivity index (χ0) is 15.2. The van der Waals surface area contributed by atoms with Crippen molar-refractivity contribution in [2.75, 3.05) is 31.2 Å². The standard InChI is InChI=1S/C16H24FN3O/c1-20(11-12-4-2-3-5-12)9-8-16(21)19-15-10-13(18)6-7-14(15)17/h6-7,10,12H,2-5,8-9,11,18H2,1H3,(H,19,21). The van der Waals surface area contributed by atoms with Crippen molar-refractivity contribution in [3.63, 3.8) is 0 Å². The third kappa shape index (κ3) is 5.01. The zero-order valence-electron chi connectivity index (χ0n) is 12.6. The third-order valence-electron chi connectivity index (χ3n) is 4.03. The molecule has 2 rings (SSSR count). The molecule has 5 heteroatoms. The molecule has 0 radical (unpaired) electrons.